The Bertz CT molecular complexity index is 370. The maximum atomic E-state index is 2.45. The van der Waals surface area contributed by atoms with E-state index < -0.39 is 0 Å². The van der Waals surface area contributed by atoms with Gasteiger partial charge in [0.2, 0.25) is 0 Å². The molecule has 0 radical (unpaired) electrons. The Labute approximate surface area is 106 Å². The lowest BCUT2D eigenvalue weighted by Gasteiger charge is -2.19. The van der Waals surface area contributed by atoms with E-state index in [1.165, 1.54) is 31.2 Å². The third-order valence-electron chi connectivity index (χ3n) is 3.85. The lowest BCUT2D eigenvalue weighted by molar-refractivity contribution is 0.411. The Morgan fingerprint density at radius 2 is 1.94 bits per heavy atom. The third kappa shape index (κ3) is 3.59. The largest absolute Gasteiger partial charge is 0.0625 e. The molecule has 2 unspecified atom stereocenters. The smallest absolute Gasteiger partial charge is 0.0159 e. The first kappa shape index (κ1) is 12.7. The summed E-state index contributed by atoms with van der Waals surface area (Å²) in [4.78, 5) is 0. The molecule has 0 heteroatoms. The van der Waals surface area contributed by atoms with Crippen molar-refractivity contribution < 1.29 is 0 Å². The van der Waals surface area contributed by atoms with Crippen molar-refractivity contribution in [3.05, 3.63) is 35.4 Å². The third-order valence-corrected chi connectivity index (χ3v) is 3.85. The highest BCUT2D eigenvalue weighted by molar-refractivity contribution is 5.27. The molecule has 2 rings (SSSR count). The summed E-state index contributed by atoms with van der Waals surface area (Å²) in [5.41, 5.74) is 3.48. The molecular weight excluding hydrogens is 204 g/mol. The molecule has 1 aromatic carbocycles. The van der Waals surface area contributed by atoms with Crippen LogP contribution >= 0.6 is 0 Å². The molecule has 17 heavy (non-hydrogen) atoms. The van der Waals surface area contributed by atoms with Crippen LogP contribution in [0.15, 0.2) is 24.3 Å². The molecule has 1 fully saturated rings. The number of hydrogen-bond acceptors (Lipinski definition) is 0. The number of rotatable bonds is 2. The Morgan fingerprint density at radius 1 is 1.18 bits per heavy atom. The Balaban J connectivity index is 2.11. The zero-order valence-electron chi connectivity index (χ0n) is 11.8. The van der Waals surface area contributed by atoms with Crippen LogP contribution < -0.4 is 0 Å². The number of benzene rings is 1. The van der Waals surface area contributed by atoms with Gasteiger partial charge in [-0.05, 0) is 47.6 Å². The van der Waals surface area contributed by atoms with E-state index in [-0.39, 0.29) is 0 Å². The Hall–Kier alpha value is -0.780. The van der Waals surface area contributed by atoms with Crippen molar-refractivity contribution in [1.29, 1.82) is 0 Å². The van der Waals surface area contributed by atoms with Gasteiger partial charge in [0, 0.05) is 0 Å². The zero-order valence-corrected chi connectivity index (χ0v) is 11.8. The van der Waals surface area contributed by atoms with Crippen LogP contribution in [0.2, 0.25) is 0 Å². The minimum atomic E-state index is 0.390. The van der Waals surface area contributed by atoms with Gasteiger partial charge in [0.15, 0.2) is 0 Å². The van der Waals surface area contributed by atoms with Gasteiger partial charge in [-0.25, -0.2) is 0 Å². The fourth-order valence-electron chi connectivity index (χ4n) is 3.08. The van der Waals surface area contributed by atoms with Crippen molar-refractivity contribution in [3.8, 4) is 0 Å². The highest BCUT2D eigenvalue weighted by Crippen LogP contribution is 2.38. The van der Waals surface area contributed by atoms with Crippen LogP contribution in [0.1, 0.15) is 64.0 Å². The molecule has 1 aliphatic rings. The predicted octanol–water partition coefficient (Wildman–Crippen LogP) is 5.18. The van der Waals surface area contributed by atoms with Gasteiger partial charge in [-0.1, -0.05) is 58.4 Å². The quantitative estimate of drug-likeness (QED) is 0.657. The Morgan fingerprint density at radius 3 is 2.53 bits per heavy atom. The summed E-state index contributed by atoms with van der Waals surface area (Å²) in [6.07, 6.45) is 5.37. The molecule has 0 bridgehead atoms. The molecule has 0 amide bonds. The summed E-state index contributed by atoms with van der Waals surface area (Å²) in [7, 11) is 0. The summed E-state index contributed by atoms with van der Waals surface area (Å²) in [5.74, 6) is 1.75. The van der Waals surface area contributed by atoms with E-state index in [9.17, 15) is 0 Å². The molecule has 1 aliphatic carbocycles. The van der Waals surface area contributed by atoms with Crippen molar-refractivity contribution in [2.75, 3.05) is 0 Å². The van der Waals surface area contributed by atoms with Gasteiger partial charge in [-0.15, -0.1) is 0 Å². The van der Waals surface area contributed by atoms with Crippen LogP contribution in [0.5, 0.6) is 0 Å². The molecule has 2 atom stereocenters. The van der Waals surface area contributed by atoms with E-state index in [0.717, 1.165) is 11.8 Å². The second-order valence-electron chi connectivity index (χ2n) is 7.10. The normalized spacial score (nSPS) is 25.2. The molecule has 0 saturated heterocycles. The molecule has 0 aromatic heterocycles. The van der Waals surface area contributed by atoms with Crippen LogP contribution in [-0.2, 0) is 6.42 Å². The number of hydrogen-bond donors (Lipinski definition) is 0. The van der Waals surface area contributed by atoms with E-state index in [0.29, 0.717) is 5.41 Å². The maximum absolute atomic E-state index is 2.45. The van der Waals surface area contributed by atoms with Gasteiger partial charge in [0.25, 0.3) is 0 Å². The highest BCUT2D eigenvalue weighted by Gasteiger charge is 2.23. The fourth-order valence-corrected chi connectivity index (χ4v) is 3.08. The van der Waals surface area contributed by atoms with Crippen LogP contribution in [-0.4, -0.2) is 0 Å². The molecule has 1 aromatic rings. The van der Waals surface area contributed by atoms with E-state index in [2.05, 4.69) is 52.0 Å². The maximum Gasteiger partial charge on any atom is -0.0159 e. The standard InChI is InChI=1S/C17H26/c1-13-8-9-16(10-13)15-7-5-6-14(11-15)12-17(2,3)4/h5-7,11,13,16H,8-10,12H2,1-4H3. The van der Waals surface area contributed by atoms with E-state index >= 15 is 0 Å². The van der Waals surface area contributed by atoms with Crippen molar-refractivity contribution in [2.45, 2.75) is 59.3 Å². The molecule has 0 spiro atoms. The van der Waals surface area contributed by atoms with Crippen LogP contribution in [0.25, 0.3) is 0 Å². The lowest BCUT2D eigenvalue weighted by Crippen LogP contribution is -2.09. The van der Waals surface area contributed by atoms with Gasteiger partial charge in [-0.2, -0.15) is 0 Å². The van der Waals surface area contributed by atoms with Crippen molar-refractivity contribution in [2.24, 2.45) is 11.3 Å². The minimum Gasteiger partial charge on any atom is -0.0625 e. The van der Waals surface area contributed by atoms with E-state index in [4.69, 9.17) is 0 Å². The average molecular weight is 230 g/mol. The monoisotopic (exact) mass is 230 g/mol. The van der Waals surface area contributed by atoms with Crippen LogP contribution in [0.4, 0.5) is 0 Å². The first-order chi connectivity index (χ1) is 7.94. The second-order valence-corrected chi connectivity index (χ2v) is 7.10. The molecule has 1 saturated carbocycles. The fraction of sp³-hybridized carbons (Fsp3) is 0.647. The summed E-state index contributed by atoms with van der Waals surface area (Å²) >= 11 is 0. The summed E-state index contributed by atoms with van der Waals surface area (Å²) < 4.78 is 0. The minimum absolute atomic E-state index is 0.390. The molecule has 0 aliphatic heterocycles. The van der Waals surface area contributed by atoms with Crippen molar-refractivity contribution >= 4 is 0 Å². The van der Waals surface area contributed by atoms with Gasteiger partial charge in [0.05, 0.1) is 0 Å². The first-order valence-corrected chi connectivity index (χ1v) is 7.03. The summed E-state index contributed by atoms with van der Waals surface area (Å²) in [5, 5.41) is 0. The molecular formula is C17H26. The SMILES string of the molecule is CC1CCC(c2cccc(CC(C)(C)C)c2)C1. The van der Waals surface area contributed by atoms with E-state index in [1.807, 2.05) is 0 Å². The molecule has 0 N–H and O–H groups in total. The Kier molecular flexibility index (Phi) is 3.61. The van der Waals surface area contributed by atoms with Gasteiger partial charge >= 0.3 is 0 Å². The van der Waals surface area contributed by atoms with Gasteiger partial charge in [0.1, 0.15) is 0 Å². The summed E-state index contributed by atoms with van der Waals surface area (Å²) in [6.45, 7) is 9.34. The van der Waals surface area contributed by atoms with Gasteiger partial charge in [-0.3, -0.25) is 0 Å². The van der Waals surface area contributed by atoms with Crippen LogP contribution in [0.3, 0.4) is 0 Å². The lowest BCUT2D eigenvalue weighted by atomic mass is 9.86. The van der Waals surface area contributed by atoms with Crippen molar-refractivity contribution in [3.63, 3.8) is 0 Å². The second kappa shape index (κ2) is 4.84. The summed E-state index contributed by atoms with van der Waals surface area (Å²) in [6, 6.07) is 9.31. The predicted molar refractivity (Wildman–Crippen MR) is 75.4 cm³/mol. The highest BCUT2D eigenvalue weighted by atomic mass is 14.3. The zero-order chi connectivity index (χ0) is 12.5. The molecule has 94 valence electrons. The molecule has 0 heterocycles. The van der Waals surface area contributed by atoms with Gasteiger partial charge < -0.3 is 0 Å². The first-order valence-electron chi connectivity index (χ1n) is 7.03. The van der Waals surface area contributed by atoms with Crippen molar-refractivity contribution in [1.82, 2.24) is 0 Å². The topological polar surface area (TPSA) is 0 Å². The average Bonchev–Trinajstić information content (AvgIpc) is 2.63. The van der Waals surface area contributed by atoms with Crippen LogP contribution in [0, 0.1) is 11.3 Å². The molecule has 0 nitrogen and oxygen atoms in total. The van der Waals surface area contributed by atoms with E-state index in [1.54, 1.807) is 5.56 Å².